The average Bonchev–Trinajstić information content (AvgIpc) is 3.01. The van der Waals surface area contributed by atoms with E-state index in [2.05, 4.69) is 15.6 Å². The summed E-state index contributed by atoms with van der Waals surface area (Å²) in [6.07, 6.45) is 0. The first-order chi connectivity index (χ1) is 13.0. The van der Waals surface area contributed by atoms with Gasteiger partial charge in [0.15, 0.2) is 11.7 Å². The molecule has 2 heterocycles. The van der Waals surface area contributed by atoms with Gasteiger partial charge in [-0.1, -0.05) is 17.7 Å². The molecule has 3 aromatic rings. The van der Waals surface area contributed by atoms with E-state index in [1.807, 2.05) is 19.1 Å². The fourth-order valence-corrected chi connectivity index (χ4v) is 3.77. The van der Waals surface area contributed by atoms with Crippen LogP contribution in [-0.4, -0.2) is 23.4 Å². The zero-order chi connectivity index (χ0) is 19.0. The van der Waals surface area contributed by atoms with E-state index >= 15 is 0 Å². The molecule has 0 unspecified atom stereocenters. The molecule has 0 saturated heterocycles. The Labute approximate surface area is 164 Å². The van der Waals surface area contributed by atoms with E-state index in [1.54, 1.807) is 30.3 Å². The second-order valence-corrected chi connectivity index (χ2v) is 7.58. The lowest BCUT2D eigenvalue weighted by atomic mass is 10.1. The Morgan fingerprint density at radius 1 is 1.30 bits per heavy atom. The minimum atomic E-state index is -0.274. The zero-order valence-electron chi connectivity index (χ0n) is 14.2. The number of halogens is 1. The Hall–Kier alpha value is -2.90. The third-order valence-corrected chi connectivity index (χ3v) is 5.11. The Morgan fingerprint density at radius 2 is 2.15 bits per heavy atom. The van der Waals surface area contributed by atoms with Gasteiger partial charge < -0.3 is 10.1 Å². The van der Waals surface area contributed by atoms with E-state index in [4.69, 9.17) is 16.3 Å². The molecule has 0 aliphatic carbocycles. The molecule has 8 heteroatoms. The van der Waals surface area contributed by atoms with Gasteiger partial charge in [0.05, 0.1) is 11.4 Å². The number of anilines is 2. The molecule has 136 valence electrons. The van der Waals surface area contributed by atoms with Crippen LogP contribution in [0.2, 0.25) is 5.02 Å². The topological polar surface area (TPSA) is 80.3 Å². The summed E-state index contributed by atoms with van der Waals surface area (Å²) in [5.74, 6) is 0.161. The quantitative estimate of drug-likeness (QED) is 0.685. The zero-order valence-corrected chi connectivity index (χ0v) is 15.8. The number of aromatic nitrogens is 1. The number of fused-ring (bicyclic) bond motifs is 1. The molecule has 0 saturated carbocycles. The third-order valence-electron chi connectivity index (χ3n) is 3.99. The SMILES string of the molecule is Cc1sc(NC(=O)c2cccc(Cl)c2)nc1-c1ccc2c(c1)NC(=O)CO2. The van der Waals surface area contributed by atoms with Gasteiger partial charge in [0.25, 0.3) is 11.8 Å². The van der Waals surface area contributed by atoms with Crippen molar-refractivity contribution in [1.82, 2.24) is 4.98 Å². The van der Waals surface area contributed by atoms with Crippen LogP contribution < -0.4 is 15.4 Å². The van der Waals surface area contributed by atoms with Crippen LogP contribution in [0.25, 0.3) is 11.3 Å². The summed E-state index contributed by atoms with van der Waals surface area (Å²) >= 11 is 7.32. The molecule has 1 aliphatic heterocycles. The van der Waals surface area contributed by atoms with Crippen LogP contribution in [0.4, 0.5) is 10.8 Å². The Bertz CT molecular complexity index is 1060. The van der Waals surface area contributed by atoms with Gasteiger partial charge in [-0.25, -0.2) is 4.98 Å². The molecular formula is C19H14ClN3O3S. The summed E-state index contributed by atoms with van der Waals surface area (Å²) < 4.78 is 5.38. The molecule has 1 aliphatic rings. The van der Waals surface area contributed by atoms with Crippen molar-refractivity contribution in [2.75, 3.05) is 17.2 Å². The Balaban J connectivity index is 1.59. The Morgan fingerprint density at radius 3 is 2.96 bits per heavy atom. The lowest BCUT2D eigenvalue weighted by Crippen LogP contribution is -2.25. The van der Waals surface area contributed by atoms with E-state index in [9.17, 15) is 9.59 Å². The molecule has 0 fully saturated rings. The van der Waals surface area contributed by atoms with Crippen molar-refractivity contribution in [2.45, 2.75) is 6.92 Å². The van der Waals surface area contributed by atoms with Crippen LogP contribution in [0.5, 0.6) is 5.75 Å². The minimum absolute atomic E-state index is 0.0156. The summed E-state index contributed by atoms with van der Waals surface area (Å²) in [5, 5.41) is 6.57. The Kier molecular flexibility index (Phi) is 4.55. The summed E-state index contributed by atoms with van der Waals surface area (Å²) in [4.78, 5) is 29.4. The lowest BCUT2D eigenvalue weighted by molar-refractivity contribution is -0.118. The van der Waals surface area contributed by atoms with Gasteiger partial charge in [-0.15, -0.1) is 11.3 Å². The van der Waals surface area contributed by atoms with Crippen LogP contribution >= 0.6 is 22.9 Å². The first-order valence-corrected chi connectivity index (χ1v) is 9.30. The highest BCUT2D eigenvalue weighted by molar-refractivity contribution is 7.16. The van der Waals surface area contributed by atoms with Crippen LogP contribution in [0.3, 0.4) is 0 Å². The number of amides is 2. The molecule has 6 nitrogen and oxygen atoms in total. The van der Waals surface area contributed by atoms with Gasteiger partial charge in [0.1, 0.15) is 5.75 Å². The number of carbonyl (C=O) groups excluding carboxylic acids is 2. The number of ether oxygens (including phenoxy) is 1. The average molecular weight is 400 g/mol. The van der Waals surface area contributed by atoms with Crippen molar-refractivity contribution in [3.63, 3.8) is 0 Å². The van der Waals surface area contributed by atoms with Crippen molar-refractivity contribution >= 4 is 45.6 Å². The molecule has 4 rings (SSSR count). The smallest absolute Gasteiger partial charge is 0.262 e. The maximum Gasteiger partial charge on any atom is 0.262 e. The summed E-state index contributed by atoms with van der Waals surface area (Å²) in [5.41, 5.74) is 2.65. The predicted molar refractivity (Wildman–Crippen MR) is 106 cm³/mol. The molecular weight excluding hydrogens is 386 g/mol. The number of hydrogen-bond acceptors (Lipinski definition) is 5. The molecule has 2 aromatic carbocycles. The predicted octanol–water partition coefficient (Wildman–Crippen LogP) is 4.36. The third kappa shape index (κ3) is 3.65. The number of nitrogens with zero attached hydrogens (tertiary/aromatic N) is 1. The molecule has 2 N–H and O–H groups in total. The van der Waals surface area contributed by atoms with Crippen molar-refractivity contribution < 1.29 is 14.3 Å². The first kappa shape index (κ1) is 17.5. The van der Waals surface area contributed by atoms with E-state index in [0.29, 0.717) is 27.2 Å². The van der Waals surface area contributed by atoms with Crippen molar-refractivity contribution in [1.29, 1.82) is 0 Å². The van der Waals surface area contributed by atoms with E-state index in [0.717, 1.165) is 16.1 Å². The molecule has 0 spiro atoms. The van der Waals surface area contributed by atoms with Gasteiger partial charge in [-0.05, 0) is 43.3 Å². The minimum Gasteiger partial charge on any atom is -0.482 e. The molecule has 2 amide bonds. The van der Waals surface area contributed by atoms with Crippen LogP contribution in [-0.2, 0) is 4.79 Å². The second-order valence-electron chi connectivity index (χ2n) is 5.94. The number of aryl methyl sites for hydroxylation is 1. The largest absolute Gasteiger partial charge is 0.482 e. The summed E-state index contributed by atoms with van der Waals surface area (Å²) in [6.45, 7) is 1.94. The van der Waals surface area contributed by atoms with Gasteiger partial charge in [0, 0.05) is 21.0 Å². The number of rotatable bonds is 3. The maximum absolute atomic E-state index is 12.4. The lowest BCUT2D eigenvalue weighted by Gasteiger charge is -2.18. The highest BCUT2D eigenvalue weighted by Gasteiger charge is 2.19. The monoisotopic (exact) mass is 399 g/mol. The maximum atomic E-state index is 12.4. The standard InChI is InChI=1S/C19H14ClN3O3S/c1-10-17(11-5-6-15-14(8-11)21-16(24)9-26-15)22-19(27-10)23-18(25)12-3-2-4-13(20)7-12/h2-8H,9H2,1H3,(H,21,24)(H,22,23,25). The van der Waals surface area contributed by atoms with Crippen molar-refractivity contribution in [3.05, 3.63) is 57.9 Å². The summed E-state index contributed by atoms with van der Waals surface area (Å²) in [6, 6.07) is 12.2. The van der Waals surface area contributed by atoms with Crippen LogP contribution in [0.15, 0.2) is 42.5 Å². The second kappa shape index (κ2) is 7.02. The van der Waals surface area contributed by atoms with E-state index < -0.39 is 0 Å². The van der Waals surface area contributed by atoms with Gasteiger partial charge in [-0.2, -0.15) is 0 Å². The molecule has 1 aromatic heterocycles. The van der Waals surface area contributed by atoms with E-state index in [-0.39, 0.29) is 18.4 Å². The number of hydrogen-bond donors (Lipinski definition) is 2. The highest BCUT2D eigenvalue weighted by atomic mass is 35.5. The molecule has 0 bridgehead atoms. The van der Waals surface area contributed by atoms with Gasteiger partial charge in [0.2, 0.25) is 0 Å². The number of thiazole rings is 1. The number of carbonyl (C=O) groups is 2. The fourth-order valence-electron chi connectivity index (χ4n) is 2.75. The van der Waals surface area contributed by atoms with E-state index in [1.165, 1.54) is 11.3 Å². The van der Waals surface area contributed by atoms with Crippen molar-refractivity contribution in [3.8, 4) is 17.0 Å². The first-order valence-electron chi connectivity index (χ1n) is 8.11. The molecule has 0 atom stereocenters. The van der Waals surface area contributed by atoms with Gasteiger partial charge in [-0.3, -0.25) is 14.9 Å². The highest BCUT2D eigenvalue weighted by Crippen LogP contribution is 2.36. The van der Waals surface area contributed by atoms with Gasteiger partial charge >= 0.3 is 0 Å². The molecule has 27 heavy (non-hydrogen) atoms. The molecule has 0 radical (unpaired) electrons. The normalized spacial score (nSPS) is 12.7. The fraction of sp³-hybridized carbons (Fsp3) is 0.105. The number of benzene rings is 2. The van der Waals surface area contributed by atoms with Crippen LogP contribution in [0.1, 0.15) is 15.2 Å². The van der Waals surface area contributed by atoms with Crippen molar-refractivity contribution in [2.24, 2.45) is 0 Å². The van der Waals surface area contributed by atoms with Crippen LogP contribution in [0, 0.1) is 6.92 Å². The number of nitrogens with one attached hydrogen (secondary N) is 2. The summed E-state index contributed by atoms with van der Waals surface area (Å²) in [7, 11) is 0.